The Balaban J connectivity index is 4.40. The highest BCUT2D eigenvalue weighted by Crippen LogP contribution is 2.15. The standard InChI is InChI=1S/C10H22N2O4S/c1-8(2)5-9(6-10(13)14)7-11-17(15,16)12(3)4/h8-9,11H,5-7H2,1-4H3,(H,13,14). The van der Waals surface area contributed by atoms with Crippen LogP contribution in [0.2, 0.25) is 0 Å². The van der Waals surface area contributed by atoms with Gasteiger partial charge < -0.3 is 5.11 Å². The number of rotatable bonds is 8. The van der Waals surface area contributed by atoms with Crippen molar-refractivity contribution in [2.45, 2.75) is 26.7 Å². The zero-order valence-corrected chi connectivity index (χ0v) is 11.6. The highest BCUT2D eigenvalue weighted by molar-refractivity contribution is 7.87. The third-order valence-corrected chi connectivity index (χ3v) is 3.80. The van der Waals surface area contributed by atoms with Crippen LogP contribution in [0.5, 0.6) is 0 Å². The maximum atomic E-state index is 11.5. The highest BCUT2D eigenvalue weighted by atomic mass is 32.2. The van der Waals surface area contributed by atoms with Crippen LogP contribution in [0.1, 0.15) is 26.7 Å². The van der Waals surface area contributed by atoms with Crippen molar-refractivity contribution in [1.29, 1.82) is 0 Å². The molecule has 7 heteroatoms. The highest BCUT2D eigenvalue weighted by Gasteiger charge is 2.19. The average Bonchev–Trinajstić information content (AvgIpc) is 2.12. The zero-order valence-electron chi connectivity index (χ0n) is 10.8. The Labute approximate surface area is 103 Å². The van der Waals surface area contributed by atoms with Crippen LogP contribution in [0.15, 0.2) is 0 Å². The van der Waals surface area contributed by atoms with Gasteiger partial charge in [-0.2, -0.15) is 12.7 Å². The molecule has 0 heterocycles. The number of aliphatic carboxylic acids is 1. The summed E-state index contributed by atoms with van der Waals surface area (Å²) in [6.45, 7) is 4.12. The molecule has 0 aliphatic carbocycles. The molecule has 0 rings (SSSR count). The summed E-state index contributed by atoms with van der Waals surface area (Å²) in [5, 5.41) is 8.75. The van der Waals surface area contributed by atoms with E-state index in [1.165, 1.54) is 14.1 Å². The van der Waals surface area contributed by atoms with Gasteiger partial charge in [0.1, 0.15) is 0 Å². The average molecular weight is 266 g/mol. The van der Waals surface area contributed by atoms with E-state index < -0.39 is 16.2 Å². The van der Waals surface area contributed by atoms with Gasteiger partial charge in [-0.25, -0.2) is 4.72 Å². The first-order valence-corrected chi connectivity index (χ1v) is 6.98. The largest absolute Gasteiger partial charge is 0.481 e. The molecule has 0 radical (unpaired) electrons. The molecule has 0 saturated heterocycles. The SMILES string of the molecule is CC(C)CC(CNS(=O)(=O)N(C)C)CC(=O)O. The molecule has 0 aliphatic rings. The van der Waals surface area contributed by atoms with E-state index in [0.717, 1.165) is 4.31 Å². The molecule has 102 valence electrons. The molecule has 0 saturated carbocycles. The van der Waals surface area contributed by atoms with Gasteiger partial charge >= 0.3 is 5.97 Å². The lowest BCUT2D eigenvalue weighted by Crippen LogP contribution is -2.39. The summed E-state index contributed by atoms with van der Waals surface area (Å²) in [6.07, 6.45) is 0.663. The van der Waals surface area contributed by atoms with Gasteiger partial charge in [0.2, 0.25) is 0 Å². The molecule has 0 fully saturated rings. The van der Waals surface area contributed by atoms with E-state index in [-0.39, 0.29) is 18.9 Å². The molecule has 0 spiro atoms. The Kier molecular flexibility index (Phi) is 6.66. The maximum Gasteiger partial charge on any atom is 0.303 e. The van der Waals surface area contributed by atoms with Crippen LogP contribution in [0, 0.1) is 11.8 Å². The number of hydrogen-bond acceptors (Lipinski definition) is 3. The summed E-state index contributed by atoms with van der Waals surface area (Å²) in [5.74, 6) is -0.745. The van der Waals surface area contributed by atoms with Gasteiger partial charge in [0.15, 0.2) is 0 Å². The molecule has 1 unspecified atom stereocenters. The molecule has 2 N–H and O–H groups in total. The Morgan fingerprint density at radius 2 is 1.88 bits per heavy atom. The summed E-state index contributed by atoms with van der Waals surface area (Å²) >= 11 is 0. The van der Waals surface area contributed by atoms with Crippen molar-refractivity contribution >= 4 is 16.2 Å². The van der Waals surface area contributed by atoms with Crippen LogP contribution < -0.4 is 4.72 Å². The molecule has 0 bridgehead atoms. The fourth-order valence-electron chi connectivity index (χ4n) is 1.50. The first kappa shape index (κ1) is 16.3. The number of carboxylic acid groups (broad SMARTS) is 1. The number of carboxylic acids is 1. The van der Waals surface area contributed by atoms with Crippen molar-refractivity contribution in [2.75, 3.05) is 20.6 Å². The predicted molar refractivity (Wildman–Crippen MR) is 65.8 cm³/mol. The van der Waals surface area contributed by atoms with E-state index in [1.807, 2.05) is 13.8 Å². The lowest BCUT2D eigenvalue weighted by atomic mass is 9.94. The zero-order chi connectivity index (χ0) is 13.6. The smallest absolute Gasteiger partial charge is 0.303 e. The van der Waals surface area contributed by atoms with Gasteiger partial charge in [-0.05, 0) is 18.3 Å². The quantitative estimate of drug-likeness (QED) is 0.670. The van der Waals surface area contributed by atoms with Crippen molar-refractivity contribution in [3.05, 3.63) is 0 Å². The first-order valence-electron chi connectivity index (χ1n) is 5.54. The monoisotopic (exact) mass is 266 g/mol. The summed E-state index contributed by atoms with van der Waals surface area (Å²) in [6, 6.07) is 0. The van der Waals surface area contributed by atoms with Crippen molar-refractivity contribution in [3.63, 3.8) is 0 Å². The number of nitrogens with one attached hydrogen (secondary N) is 1. The van der Waals surface area contributed by atoms with E-state index >= 15 is 0 Å². The molecule has 6 nitrogen and oxygen atoms in total. The van der Waals surface area contributed by atoms with Gasteiger partial charge in [-0.3, -0.25) is 4.79 Å². The fourth-order valence-corrected chi connectivity index (χ4v) is 2.21. The molecule has 0 aromatic carbocycles. The minimum absolute atomic E-state index is 0.0197. The van der Waals surface area contributed by atoms with E-state index in [1.54, 1.807) is 0 Å². The van der Waals surface area contributed by atoms with Crippen LogP contribution in [-0.2, 0) is 15.0 Å². The van der Waals surface area contributed by atoms with Crippen molar-refractivity contribution in [3.8, 4) is 0 Å². The van der Waals surface area contributed by atoms with Gasteiger partial charge in [0.05, 0.1) is 0 Å². The molecule has 17 heavy (non-hydrogen) atoms. The van der Waals surface area contributed by atoms with Crippen molar-refractivity contribution < 1.29 is 18.3 Å². The summed E-state index contributed by atoms with van der Waals surface area (Å²) in [4.78, 5) is 10.7. The van der Waals surface area contributed by atoms with Crippen LogP contribution in [0.25, 0.3) is 0 Å². The number of hydrogen-bond donors (Lipinski definition) is 2. The molecule has 0 aromatic heterocycles. The van der Waals surface area contributed by atoms with Crippen molar-refractivity contribution in [2.24, 2.45) is 11.8 Å². The lowest BCUT2D eigenvalue weighted by molar-refractivity contribution is -0.138. The minimum atomic E-state index is -3.47. The Bertz CT molecular complexity index is 338. The summed E-state index contributed by atoms with van der Waals surface area (Å²) in [5.41, 5.74) is 0. The summed E-state index contributed by atoms with van der Waals surface area (Å²) in [7, 11) is -0.619. The van der Waals surface area contributed by atoms with E-state index in [2.05, 4.69) is 4.72 Å². The van der Waals surface area contributed by atoms with Crippen LogP contribution >= 0.6 is 0 Å². The number of carbonyl (C=O) groups is 1. The second-order valence-electron chi connectivity index (χ2n) is 4.73. The molecule has 0 aromatic rings. The Hall–Kier alpha value is -0.660. The Morgan fingerprint density at radius 1 is 1.35 bits per heavy atom. The maximum absolute atomic E-state index is 11.5. The van der Waals surface area contributed by atoms with Gasteiger partial charge in [-0.1, -0.05) is 13.8 Å². The first-order chi connectivity index (χ1) is 7.65. The fraction of sp³-hybridized carbons (Fsp3) is 0.900. The van der Waals surface area contributed by atoms with E-state index in [0.29, 0.717) is 12.3 Å². The van der Waals surface area contributed by atoms with Crippen LogP contribution in [-0.4, -0.2) is 44.4 Å². The van der Waals surface area contributed by atoms with Gasteiger partial charge in [0, 0.05) is 27.1 Å². The molecule has 0 aliphatic heterocycles. The van der Waals surface area contributed by atoms with E-state index in [4.69, 9.17) is 5.11 Å². The third kappa shape index (κ3) is 7.30. The molecular formula is C10H22N2O4S. The summed E-state index contributed by atoms with van der Waals surface area (Å²) < 4.78 is 26.4. The number of nitrogens with zero attached hydrogens (tertiary/aromatic N) is 1. The van der Waals surface area contributed by atoms with Gasteiger partial charge in [0.25, 0.3) is 10.2 Å². The van der Waals surface area contributed by atoms with E-state index in [9.17, 15) is 13.2 Å². The van der Waals surface area contributed by atoms with Crippen LogP contribution in [0.3, 0.4) is 0 Å². The third-order valence-electron chi connectivity index (χ3n) is 2.30. The predicted octanol–water partition coefficient (Wildman–Crippen LogP) is 0.519. The molecule has 0 amide bonds. The Morgan fingerprint density at radius 3 is 2.24 bits per heavy atom. The molecule has 1 atom stereocenters. The second-order valence-corrected chi connectivity index (χ2v) is 6.70. The second kappa shape index (κ2) is 6.93. The molecular weight excluding hydrogens is 244 g/mol. The normalized spacial score (nSPS) is 14.2. The lowest BCUT2D eigenvalue weighted by Gasteiger charge is -2.19. The topological polar surface area (TPSA) is 86.7 Å². The van der Waals surface area contributed by atoms with Gasteiger partial charge in [-0.15, -0.1) is 0 Å². The van der Waals surface area contributed by atoms with Crippen LogP contribution in [0.4, 0.5) is 0 Å². The minimum Gasteiger partial charge on any atom is -0.481 e. The van der Waals surface area contributed by atoms with Crippen molar-refractivity contribution in [1.82, 2.24) is 9.03 Å².